The summed E-state index contributed by atoms with van der Waals surface area (Å²) in [7, 11) is 0. The van der Waals surface area contributed by atoms with Gasteiger partial charge in [-0.15, -0.1) is 0 Å². The Morgan fingerprint density at radius 1 is 1.04 bits per heavy atom. The molecule has 0 atom stereocenters. The monoisotopic (exact) mass is 319 g/mol. The highest BCUT2D eigenvalue weighted by Crippen LogP contribution is 2.23. The summed E-state index contributed by atoms with van der Waals surface area (Å²) in [4.78, 5) is 27.5. The van der Waals surface area contributed by atoms with Crippen molar-refractivity contribution < 1.29 is 4.74 Å². The van der Waals surface area contributed by atoms with Gasteiger partial charge in [0.1, 0.15) is 11.5 Å². The second-order valence-electron chi connectivity index (χ2n) is 5.16. The van der Waals surface area contributed by atoms with Crippen LogP contribution in [0.25, 0.3) is 0 Å². The molecule has 2 aromatic carbocycles. The van der Waals surface area contributed by atoms with Crippen LogP contribution in [0.4, 0.5) is 0 Å². The van der Waals surface area contributed by atoms with E-state index in [0.29, 0.717) is 29.0 Å². The highest BCUT2D eigenvalue weighted by molar-refractivity contribution is 5.40. The maximum Gasteiger partial charge on any atom is 0.325 e. The molecule has 118 valence electrons. The topological polar surface area (TPSA) is 98.7 Å². The second-order valence-corrected chi connectivity index (χ2v) is 5.16. The van der Waals surface area contributed by atoms with Crippen LogP contribution in [0.15, 0.2) is 64.3 Å². The minimum absolute atomic E-state index is 0.363. The molecular weight excluding hydrogens is 306 g/mol. The summed E-state index contributed by atoms with van der Waals surface area (Å²) in [5, 5.41) is 8.92. The fraction of sp³-hybridized carbons (Fsp3) is 0.0556. The molecule has 1 heterocycles. The highest BCUT2D eigenvalue weighted by Gasteiger charge is 2.05. The number of nitrogens with zero attached hydrogens (tertiary/aromatic N) is 1. The van der Waals surface area contributed by atoms with E-state index >= 15 is 0 Å². The van der Waals surface area contributed by atoms with Crippen molar-refractivity contribution in [3.05, 3.63) is 92.3 Å². The Bertz CT molecular complexity index is 1030. The average molecular weight is 319 g/mol. The Morgan fingerprint density at radius 2 is 1.79 bits per heavy atom. The molecule has 0 unspecified atom stereocenters. The number of aromatic nitrogens is 2. The third kappa shape index (κ3) is 3.59. The molecule has 3 aromatic rings. The smallest absolute Gasteiger partial charge is 0.325 e. The predicted molar refractivity (Wildman–Crippen MR) is 88.2 cm³/mol. The molecule has 2 N–H and O–H groups in total. The van der Waals surface area contributed by atoms with Crippen molar-refractivity contribution in [2.45, 2.75) is 6.42 Å². The lowest BCUT2D eigenvalue weighted by molar-refractivity contribution is 0.482. The molecule has 0 aliphatic carbocycles. The Hall–Kier alpha value is -3.59. The van der Waals surface area contributed by atoms with Gasteiger partial charge in [-0.25, -0.2) is 4.79 Å². The quantitative estimate of drug-likeness (QED) is 0.771. The second kappa shape index (κ2) is 6.67. The molecule has 0 saturated heterocycles. The summed E-state index contributed by atoms with van der Waals surface area (Å²) in [6, 6.07) is 16.2. The third-order valence-corrected chi connectivity index (χ3v) is 3.39. The number of benzene rings is 2. The molecule has 3 rings (SSSR count). The number of ether oxygens (including phenoxy) is 1. The molecule has 0 spiro atoms. The molecule has 0 saturated carbocycles. The van der Waals surface area contributed by atoms with Gasteiger partial charge in [-0.05, 0) is 35.9 Å². The van der Waals surface area contributed by atoms with Crippen LogP contribution >= 0.6 is 0 Å². The minimum atomic E-state index is -0.529. The van der Waals surface area contributed by atoms with Gasteiger partial charge in [0, 0.05) is 18.2 Å². The van der Waals surface area contributed by atoms with Crippen molar-refractivity contribution in [2.24, 2.45) is 0 Å². The van der Waals surface area contributed by atoms with Gasteiger partial charge in [0.15, 0.2) is 0 Å². The van der Waals surface area contributed by atoms with Gasteiger partial charge >= 0.3 is 5.69 Å². The highest BCUT2D eigenvalue weighted by atomic mass is 16.5. The van der Waals surface area contributed by atoms with Crippen molar-refractivity contribution in [1.82, 2.24) is 9.97 Å². The standard InChI is InChI=1S/C18H13N3O3/c19-10-13-4-2-6-16(9-13)24-15-5-1-3-12(8-15)7-14-11-20-18(23)21-17(14)22/h1-6,8-9,11H,7H2,(H2,20,21,22,23). The van der Waals surface area contributed by atoms with Crippen LogP contribution in [-0.4, -0.2) is 9.97 Å². The third-order valence-electron chi connectivity index (χ3n) is 3.39. The van der Waals surface area contributed by atoms with Gasteiger partial charge < -0.3 is 9.72 Å². The minimum Gasteiger partial charge on any atom is -0.457 e. The fourth-order valence-corrected chi connectivity index (χ4v) is 2.27. The van der Waals surface area contributed by atoms with Gasteiger partial charge in [0.25, 0.3) is 5.56 Å². The molecule has 0 bridgehead atoms. The maximum absolute atomic E-state index is 11.8. The van der Waals surface area contributed by atoms with E-state index in [2.05, 4.69) is 16.0 Å². The van der Waals surface area contributed by atoms with Crippen LogP contribution < -0.4 is 16.0 Å². The summed E-state index contributed by atoms with van der Waals surface area (Å²) >= 11 is 0. The van der Waals surface area contributed by atoms with Crippen molar-refractivity contribution >= 4 is 0 Å². The van der Waals surface area contributed by atoms with E-state index in [9.17, 15) is 9.59 Å². The van der Waals surface area contributed by atoms with Gasteiger partial charge in [-0.1, -0.05) is 18.2 Å². The Kier molecular flexibility index (Phi) is 4.25. The number of hydrogen-bond donors (Lipinski definition) is 2. The van der Waals surface area contributed by atoms with Crippen LogP contribution in [0.5, 0.6) is 11.5 Å². The average Bonchev–Trinajstić information content (AvgIpc) is 2.58. The molecule has 6 heteroatoms. The number of H-pyrrole nitrogens is 2. The van der Waals surface area contributed by atoms with Crippen LogP contribution in [-0.2, 0) is 6.42 Å². The van der Waals surface area contributed by atoms with Crippen molar-refractivity contribution in [3.63, 3.8) is 0 Å². The number of hydrogen-bond acceptors (Lipinski definition) is 4. The molecule has 0 amide bonds. The Balaban J connectivity index is 1.82. The SMILES string of the molecule is N#Cc1cccc(Oc2cccc(Cc3c[nH]c(=O)[nH]c3=O)c2)c1. The molecular formula is C18H13N3O3. The van der Waals surface area contributed by atoms with Gasteiger partial charge in [-0.2, -0.15) is 5.26 Å². The van der Waals surface area contributed by atoms with Crippen LogP contribution in [0, 0.1) is 11.3 Å². The van der Waals surface area contributed by atoms with E-state index in [-0.39, 0.29) is 0 Å². The molecule has 0 aliphatic heterocycles. The van der Waals surface area contributed by atoms with E-state index in [1.54, 1.807) is 30.3 Å². The zero-order chi connectivity index (χ0) is 16.9. The van der Waals surface area contributed by atoms with E-state index in [4.69, 9.17) is 10.00 Å². The lowest BCUT2D eigenvalue weighted by Gasteiger charge is -2.08. The lowest BCUT2D eigenvalue weighted by Crippen LogP contribution is -2.24. The van der Waals surface area contributed by atoms with Crippen LogP contribution in [0.1, 0.15) is 16.7 Å². The van der Waals surface area contributed by atoms with Gasteiger partial charge in [0.2, 0.25) is 0 Å². The molecule has 24 heavy (non-hydrogen) atoms. The number of nitriles is 1. The van der Waals surface area contributed by atoms with E-state index in [0.717, 1.165) is 5.56 Å². The van der Waals surface area contributed by atoms with E-state index in [1.165, 1.54) is 6.20 Å². The zero-order valence-electron chi connectivity index (χ0n) is 12.6. The number of rotatable bonds is 4. The summed E-state index contributed by atoms with van der Waals surface area (Å²) in [6.07, 6.45) is 1.77. The molecule has 6 nitrogen and oxygen atoms in total. The molecule has 1 aromatic heterocycles. The molecule has 0 aliphatic rings. The van der Waals surface area contributed by atoms with Gasteiger partial charge in [-0.3, -0.25) is 9.78 Å². The molecule has 0 radical (unpaired) electrons. The van der Waals surface area contributed by atoms with Crippen molar-refractivity contribution in [1.29, 1.82) is 5.26 Å². The normalized spacial score (nSPS) is 10.1. The van der Waals surface area contributed by atoms with Crippen molar-refractivity contribution in [2.75, 3.05) is 0 Å². The first-order chi connectivity index (χ1) is 11.6. The van der Waals surface area contributed by atoms with E-state index in [1.807, 2.05) is 18.2 Å². The maximum atomic E-state index is 11.8. The Labute approximate surface area is 137 Å². The molecule has 0 fully saturated rings. The first-order valence-corrected chi connectivity index (χ1v) is 7.22. The van der Waals surface area contributed by atoms with Crippen LogP contribution in [0.2, 0.25) is 0 Å². The summed E-state index contributed by atoms with van der Waals surface area (Å²) in [6.45, 7) is 0. The first-order valence-electron chi connectivity index (χ1n) is 7.22. The number of nitrogens with one attached hydrogen (secondary N) is 2. The fourth-order valence-electron chi connectivity index (χ4n) is 2.27. The van der Waals surface area contributed by atoms with Crippen molar-refractivity contribution in [3.8, 4) is 17.6 Å². The van der Waals surface area contributed by atoms with Crippen LogP contribution in [0.3, 0.4) is 0 Å². The predicted octanol–water partition coefficient (Wildman–Crippen LogP) is 2.32. The first kappa shape index (κ1) is 15.3. The summed E-state index contributed by atoms with van der Waals surface area (Å²) in [5.41, 5.74) is 0.896. The summed E-state index contributed by atoms with van der Waals surface area (Å²) in [5.74, 6) is 1.16. The zero-order valence-corrected chi connectivity index (χ0v) is 12.6. The Morgan fingerprint density at radius 3 is 2.54 bits per heavy atom. The van der Waals surface area contributed by atoms with Gasteiger partial charge in [0.05, 0.1) is 11.6 Å². The summed E-state index contributed by atoms with van der Waals surface area (Å²) < 4.78 is 5.75. The van der Waals surface area contributed by atoms with E-state index < -0.39 is 11.2 Å². The lowest BCUT2D eigenvalue weighted by atomic mass is 10.1. The largest absolute Gasteiger partial charge is 0.457 e. The number of aromatic amines is 2.